The van der Waals surface area contributed by atoms with Crippen LogP contribution in [0.15, 0.2) is 54.6 Å². The van der Waals surface area contributed by atoms with Gasteiger partial charge in [-0.05, 0) is 43.0 Å². The van der Waals surface area contributed by atoms with Gasteiger partial charge in [0.2, 0.25) is 17.7 Å². The molecule has 3 N–H and O–H groups in total. The molecule has 2 aromatic carbocycles. The van der Waals surface area contributed by atoms with Gasteiger partial charge in [-0.25, -0.2) is 4.39 Å². The van der Waals surface area contributed by atoms with Crippen molar-refractivity contribution in [3.05, 3.63) is 76.6 Å². The molecule has 0 radical (unpaired) electrons. The highest BCUT2D eigenvalue weighted by atomic mass is 35.5. The summed E-state index contributed by atoms with van der Waals surface area (Å²) < 4.78 is 23.9. The van der Waals surface area contributed by atoms with E-state index in [2.05, 4.69) is 10.6 Å². The van der Waals surface area contributed by atoms with Crippen LogP contribution in [0.4, 0.5) is 4.39 Å². The Morgan fingerprint density at radius 2 is 2.06 bits per heavy atom. The summed E-state index contributed by atoms with van der Waals surface area (Å²) in [5.41, 5.74) is 1.22. The lowest BCUT2D eigenvalue weighted by atomic mass is 9.96. The molecule has 0 saturated carbocycles. The molecule has 10 heteroatoms. The third kappa shape index (κ3) is 6.27. The first-order valence-electron chi connectivity index (χ1n) is 11.7. The zero-order valence-corrected chi connectivity index (χ0v) is 21.0. The van der Waals surface area contributed by atoms with E-state index in [1.54, 1.807) is 0 Å². The number of hydrogen-bond acceptors (Lipinski definition) is 5. The van der Waals surface area contributed by atoms with E-state index in [0.29, 0.717) is 38.0 Å². The van der Waals surface area contributed by atoms with Crippen LogP contribution >= 0.6 is 23.6 Å². The summed E-state index contributed by atoms with van der Waals surface area (Å²) in [6.45, 7) is 0.890. The molecule has 2 aliphatic heterocycles. The second kappa shape index (κ2) is 11.9. The van der Waals surface area contributed by atoms with E-state index in [1.165, 1.54) is 35.3 Å². The number of nitrogens with one attached hydrogen (secondary N) is 2. The Morgan fingerprint density at radius 1 is 1.28 bits per heavy atom. The number of likely N-dealkylation sites (tertiary alicyclic amines) is 1. The smallest absolute Gasteiger partial charge is 0.247 e. The van der Waals surface area contributed by atoms with Crippen LogP contribution in [0.1, 0.15) is 36.3 Å². The van der Waals surface area contributed by atoms with Gasteiger partial charge < -0.3 is 20.1 Å². The summed E-state index contributed by atoms with van der Waals surface area (Å²) in [4.78, 5) is 39.9. The minimum atomic E-state index is -0.783. The van der Waals surface area contributed by atoms with Crippen molar-refractivity contribution in [2.24, 2.45) is 5.92 Å². The number of hydrogen-bond donors (Lipinski definition) is 3. The van der Waals surface area contributed by atoms with Crippen molar-refractivity contribution in [3.8, 4) is 0 Å². The molecular formula is C26H27ClFN3O4S. The zero-order chi connectivity index (χ0) is 25.7. The summed E-state index contributed by atoms with van der Waals surface area (Å²) in [5.74, 6) is -1.82. The van der Waals surface area contributed by atoms with E-state index < -0.39 is 29.0 Å². The first-order valence-corrected chi connectivity index (χ1v) is 12.9. The molecule has 2 saturated heterocycles. The standard InChI is InChI=1S/C26H27ClFN3O4S/c27-20-8-6-17(21(28)14-20)7-9-24(32)31-15-19(16-4-2-1-3-5-16)12-22(31)26(34)30-23(36-35)13-18-10-11-29-25(18)33/h1-9,14,18-19,22-23,35H,10-13,15H2,(H,29,33)(H,30,34)/b9-7+/t18-,19+,22-,23+/m0/s1. The van der Waals surface area contributed by atoms with Gasteiger partial charge in [-0.2, -0.15) is 0 Å². The van der Waals surface area contributed by atoms with E-state index in [1.807, 2.05) is 30.3 Å². The number of carbonyl (C=O) groups excluding carboxylic acids is 3. The maximum atomic E-state index is 14.2. The Kier molecular flexibility index (Phi) is 8.66. The van der Waals surface area contributed by atoms with Crippen LogP contribution in [0.25, 0.3) is 6.08 Å². The second-order valence-corrected chi connectivity index (χ2v) is 10.2. The highest BCUT2D eigenvalue weighted by molar-refractivity contribution is 7.94. The molecule has 4 atom stereocenters. The van der Waals surface area contributed by atoms with Gasteiger partial charge in [0.15, 0.2) is 0 Å². The number of halogens is 2. The van der Waals surface area contributed by atoms with E-state index in [-0.39, 0.29) is 34.7 Å². The molecule has 3 amide bonds. The molecule has 190 valence electrons. The minimum Gasteiger partial charge on any atom is -0.356 e. The van der Waals surface area contributed by atoms with Gasteiger partial charge in [0, 0.05) is 53.6 Å². The normalized spacial score (nSPS) is 22.6. The molecule has 0 bridgehead atoms. The van der Waals surface area contributed by atoms with Gasteiger partial charge in [-0.1, -0.05) is 48.0 Å². The molecule has 2 fully saturated rings. The molecule has 0 spiro atoms. The lowest BCUT2D eigenvalue weighted by molar-refractivity contribution is -0.135. The first-order chi connectivity index (χ1) is 17.4. The Bertz CT molecular complexity index is 1150. The summed E-state index contributed by atoms with van der Waals surface area (Å²) in [6, 6.07) is 13.0. The fourth-order valence-corrected chi connectivity index (χ4v) is 5.35. The number of benzene rings is 2. The van der Waals surface area contributed by atoms with Gasteiger partial charge in [0.1, 0.15) is 17.2 Å². The van der Waals surface area contributed by atoms with E-state index in [9.17, 15) is 23.3 Å². The zero-order valence-electron chi connectivity index (χ0n) is 19.4. The van der Waals surface area contributed by atoms with Crippen LogP contribution in [0.3, 0.4) is 0 Å². The van der Waals surface area contributed by atoms with E-state index in [4.69, 9.17) is 11.6 Å². The summed E-state index contributed by atoms with van der Waals surface area (Å²) in [5, 5.41) is 5.13. The topological polar surface area (TPSA) is 98.7 Å². The Morgan fingerprint density at radius 3 is 2.72 bits per heavy atom. The Balaban J connectivity index is 1.51. The lowest BCUT2D eigenvalue weighted by Crippen LogP contribution is -2.48. The first kappa shape index (κ1) is 26.2. The quantitative estimate of drug-likeness (QED) is 0.271. The molecule has 4 rings (SSSR count). The van der Waals surface area contributed by atoms with Crippen LogP contribution in [0.2, 0.25) is 5.02 Å². The van der Waals surface area contributed by atoms with Crippen molar-refractivity contribution in [1.82, 2.24) is 15.5 Å². The summed E-state index contributed by atoms with van der Waals surface area (Å²) in [7, 11) is 0. The summed E-state index contributed by atoms with van der Waals surface area (Å²) >= 11 is 6.28. The molecule has 2 aromatic rings. The highest BCUT2D eigenvalue weighted by Crippen LogP contribution is 2.33. The largest absolute Gasteiger partial charge is 0.356 e. The van der Waals surface area contributed by atoms with Gasteiger partial charge in [0.25, 0.3) is 0 Å². The monoisotopic (exact) mass is 531 g/mol. The molecule has 0 aliphatic carbocycles. The predicted octanol–water partition coefficient (Wildman–Crippen LogP) is 4.05. The molecule has 2 heterocycles. The average molecular weight is 532 g/mol. The lowest BCUT2D eigenvalue weighted by Gasteiger charge is -2.25. The van der Waals surface area contributed by atoms with Crippen LogP contribution in [-0.2, 0) is 14.4 Å². The van der Waals surface area contributed by atoms with E-state index in [0.717, 1.165) is 5.56 Å². The number of nitrogens with zero attached hydrogens (tertiary/aromatic N) is 1. The van der Waals surface area contributed by atoms with Crippen molar-refractivity contribution in [3.63, 3.8) is 0 Å². The maximum Gasteiger partial charge on any atom is 0.247 e. The van der Waals surface area contributed by atoms with Crippen molar-refractivity contribution in [1.29, 1.82) is 0 Å². The fraction of sp³-hybridized carbons (Fsp3) is 0.346. The molecule has 2 aliphatic rings. The molecule has 0 aromatic heterocycles. The number of rotatable bonds is 8. The Hall–Kier alpha value is -2.88. The third-order valence-electron chi connectivity index (χ3n) is 6.62. The van der Waals surface area contributed by atoms with Crippen molar-refractivity contribution in [2.75, 3.05) is 13.1 Å². The van der Waals surface area contributed by atoms with Crippen LogP contribution in [0, 0.1) is 11.7 Å². The molecule has 7 nitrogen and oxygen atoms in total. The second-order valence-electron chi connectivity index (χ2n) is 8.96. The van der Waals surface area contributed by atoms with Gasteiger partial charge in [-0.15, -0.1) is 0 Å². The van der Waals surface area contributed by atoms with E-state index >= 15 is 0 Å². The van der Waals surface area contributed by atoms with Crippen molar-refractivity contribution >= 4 is 47.4 Å². The third-order valence-corrected chi connectivity index (χ3v) is 7.42. The fourth-order valence-electron chi connectivity index (χ4n) is 4.70. The van der Waals surface area contributed by atoms with Crippen molar-refractivity contribution in [2.45, 2.75) is 36.6 Å². The van der Waals surface area contributed by atoms with Gasteiger partial charge in [-0.3, -0.25) is 14.4 Å². The molecular weight excluding hydrogens is 505 g/mol. The molecule has 0 unspecified atom stereocenters. The van der Waals surface area contributed by atoms with Crippen LogP contribution in [-0.4, -0.2) is 51.7 Å². The van der Waals surface area contributed by atoms with Crippen molar-refractivity contribution < 1.29 is 23.3 Å². The number of amides is 3. The van der Waals surface area contributed by atoms with Gasteiger partial charge >= 0.3 is 0 Å². The van der Waals surface area contributed by atoms with Crippen LogP contribution in [0.5, 0.6) is 0 Å². The van der Waals surface area contributed by atoms with Crippen LogP contribution < -0.4 is 10.6 Å². The van der Waals surface area contributed by atoms with Gasteiger partial charge in [0.05, 0.1) is 0 Å². The Labute approximate surface area is 218 Å². The highest BCUT2D eigenvalue weighted by Gasteiger charge is 2.40. The average Bonchev–Trinajstić information content (AvgIpc) is 3.50. The number of carbonyl (C=O) groups is 3. The summed E-state index contributed by atoms with van der Waals surface area (Å²) in [6.07, 6.45) is 3.95. The minimum absolute atomic E-state index is 0.0626. The predicted molar refractivity (Wildman–Crippen MR) is 138 cm³/mol. The maximum absolute atomic E-state index is 14.2. The SMILES string of the molecule is O=C1NCC[C@H]1C[C@H](NC(=O)[C@@H]1C[C@@H](c2ccccc2)CN1C(=O)/C=C/c1ccc(Cl)cc1F)SO. The molecule has 36 heavy (non-hydrogen) atoms.